The number of nitrogen functional groups attached to an aromatic ring is 1. The first-order valence-corrected chi connectivity index (χ1v) is 15.6. The second kappa shape index (κ2) is 13.2. The van der Waals surface area contributed by atoms with Crippen LogP contribution in [0.4, 0.5) is 10.6 Å². The van der Waals surface area contributed by atoms with Gasteiger partial charge in [0.05, 0.1) is 18.4 Å². The van der Waals surface area contributed by atoms with Gasteiger partial charge < -0.3 is 30.4 Å². The van der Waals surface area contributed by atoms with E-state index in [2.05, 4.69) is 21.5 Å². The standard InChI is InChI=1S/C32H46N6O7/c1-30(2,3)25(37-29(42)45-31(4,5)6)28(41)43-16-20-15-32(17-33,22-13-12-21-27(34)35-18-36-38(21)22)26(40)24(20)44-23(39)14-19-10-8-7-9-11-19/h12-13,18-20,24-26,40H,7-11,14-16H2,1-6H3,(H,37,42)(H2,34,35,36)/t20-,24-,25+,26-,32-/m1/s1. The van der Waals surface area contributed by atoms with Crippen molar-refractivity contribution in [3.63, 3.8) is 0 Å². The summed E-state index contributed by atoms with van der Waals surface area (Å²) in [4.78, 5) is 43.2. The number of carbonyl (C=O) groups excluding carboxylic acids is 3. The number of nitrogens with zero attached hydrogens (tertiary/aromatic N) is 4. The van der Waals surface area contributed by atoms with Crippen LogP contribution >= 0.6 is 0 Å². The average Bonchev–Trinajstić information content (AvgIpc) is 3.50. The Morgan fingerprint density at radius 1 is 1.18 bits per heavy atom. The number of nitrogens with one attached hydrogen (secondary N) is 1. The second-order valence-corrected chi connectivity index (χ2v) is 14.4. The Hall–Kier alpha value is -3.92. The van der Waals surface area contributed by atoms with E-state index in [1.165, 1.54) is 10.8 Å². The lowest BCUT2D eigenvalue weighted by Gasteiger charge is -2.31. The molecule has 5 atom stereocenters. The van der Waals surface area contributed by atoms with E-state index < -0.39 is 58.6 Å². The van der Waals surface area contributed by atoms with Gasteiger partial charge in [-0.15, -0.1) is 0 Å². The first kappa shape index (κ1) is 34.0. The largest absolute Gasteiger partial charge is 0.464 e. The maximum atomic E-state index is 13.4. The molecule has 2 heterocycles. The number of aliphatic hydroxyl groups excluding tert-OH is 1. The van der Waals surface area contributed by atoms with Gasteiger partial charge in [-0.3, -0.25) is 4.79 Å². The van der Waals surface area contributed by atoms with E-state index in [0.717, 1.165) is 32.1 Å². The predicted molar refractivity (Wildman–Crippen MR) is 163 cm³/mol. The summed E-state index contributed by atoms with van der Waals surface area (Å²) in [6.07, 6.45) is 3.19. The van der Waals surface area contributed by atoms with Gasteiger partial charge >= 0.3 is 18.0 Å². The molecular weight excluding hydrogens is 580 g/mol. The number of carbonyl (C=O) groups is 3. The summed E-state index contributed by atoms with van der Waals surface area (Å²) in [7, 11) is 0. The van der Waals surface area contributed by atoms with Crippen LogP contribution in [0.1, 0.15) is 92.2 Å². The van der Waals surface area contributed by atoms with Crippen molar-refractivity contribution in [2.45, 2.75) is 116 Å². The van der Waals surface area contributed by atoms with Gasteiger partial charge in [0.1, 0.15) is 41.1 Å². The highest BCUT2D eigenvalue weighted by atomic mass is 16.6. The van der Waals surface area contributed by atoms with E-state index in [9.17, 15) is 24.8 Å². The number of rotatable bonds is 8. The van der Waals surface area contributed by atoms with Gasteiger partial charge in [0.15, 0.2) is 5.82 Å². The third-order valence-corrected chi connectivity index (χ3v) is 8.65. The number of nitriles is 1. The zero-order valence-corrected chi connectivity index (χ0v) is 27.0. The highest BCUT2D eigenvalue weighted by Gasteiger charge is 2.58. The fourth-order valence-corrected chi connectivity index (χ4v) is 6.37. The average molecular weight is 627 g/mol. The van der Waals surface area contributed by atoms with E-state index in [-0.39, 0.29) is 31.2 Å². The van der Waals surface area contributed by atoms with Crippen LogP contribution in [0, 0.1) is 28.6 Å². The molecule has 0 saturated heterocycles. The molecule has 13 heteroatoms. The fraction of sp³-hybridized carbons (Fsp3) is 0.688. The summed E-state index contributed by atoms with van der Waals surface area (Å²) in [5.41, 5.74) is 3.75. The topological polar surface area (TPSA) is 191 Å². The minimum atomic E-state index is -1.57. The number of fused-ring (bicyclic) bond motifs is 1. The molecule has 246 valence electrons. The smallest absolute Gasteiger partial charge is 0.408 e. The minimum absolute atomic E-state index is 0.00494. The maximum absolute atomic E-state index is 13.4. The molecule has 2 aromatic rings. The second-order valence-electron chi connectivity index (χ2n) is 14.4. The molecule has 4 N–H and O–H groups in total. The molecule has 4 rings (SSSR count). The van der Waals surface area contributed by atoms with E-state index in [0.29, 0.717) is 11.2 Å². The van der Waals surface area contributed by atoms with Gasteiger partial charge in [-0.05, 0) is 63.5 Å². The number of esters is 2. The summed E-state index contributed by atoms with van der Waals surface area (Å²) < 4.78 is 18.5. The zero-order valence-electron chi connectivity index (χ0n) is 27.0. The molecule has 2 aliphatic rings. The number of nitrogens with two attached hydrogens (primary N) is 1. The molecular formula is C32H46N6O7. The van der Waals surface area contributed by atoms with Crippen LogP contribution in [0.25, 0.3) is 5.52 Å². The van der Waals surface area contributed by atoms with Gasteiger partial charge in [0.25, 0.3) is 0 Å². The number of anilines is 1. The Labute approximate surface area is 263 Å². The Morgan fingerprint density at radius 2 is 1.87 bits per heavy atom. The summed E-state index contributed by atoms with van der Waals surface area (Å²) in [5.74, 6) is -1.54. The van der Waals surface area contributed by atoms with Crippen molar-refractivity contribution in [2.75, 3.05) is 12.3 Å². The number of aliphatic hydroxyl groups is 1. The molecule has 0 radical (unpaired) electrons. The Morgan fingerprint density at radius 3 is 2.49 bits per heavy atom. The molecule has 2 fully saturated rings. The van der Waals surface area contributed by atoms with Gasteiger partial charge in [-0.25, -0.2) is 19.1 Å². The van der Waals surface area contributed by atoms with Crippen LogP contribution in [0.15, 0.2) is 18.5 Å². The first-order chi connectivity index (χ1) is 21.1. The fourth-order valence-electron chi connectivity index (χ4n) is 6.37. The molecule has 2 saturated carbocycles. The quantitative estimate of drug-likeness (QED) is 0.285. The Balaban J connectivity index is 1.60. The van der Waals surface area contributed by atoms with Crippen molar-refractivity contribution in [3.8, 4) is 6.07 Å². The van der Waals surface area contributed by atoms with Crippen molar-refractivity contribution in [3.05, 3.63) is 24.2 Å². The predicted octanol–water partition coefficient (Wildman–Crippen LogP) is 3.82. The van der Waals surface area contributed by atoms with E-state index in [1.54, 1.807) is 53.7 Å². The molecule has 13 nitrogen and oxygen atoms in total. The van der Waals surface area contributed by atoms with E-state index in [4.69, 9.17) is 19.9 Å². The zero-order chi connectivity index (χ0) is 33.2. The molecule has 45 heavy (non-hydrogen) atoms. The Bertz CT molecular complexity index is 1430. The number of hydrogen-bond donors (Lipinski definition) is 3. The molecule has 0 aliphatic heterocycles. The van der Waals surface area contributed by atoms with Gasteiger partial charge in [0, 0.05) is 12.3 Å². The third kappa shape index (κ3) is 7.66. The molecule has 2 aromatic heterocycles. The first-order valence-electron chi connectivity index (χ1n) is 15.6. The van der Waals surface area contributed by atoms with Gasteiger partial charge in [0.2, 0.25) is 0 Å². The third-order valence-electron chi connectivity index (χ3n) is 8.65. The van der Waals surface area contributed by atoms with Crippen molar-refractivity contribution < 1.29 is 33.7 Å². The van der Waals surface area contributed by atoms with Gasteiger partial charge in [-0.2, -0.15) is 10.4 Å². The monoisotopic (exact) mass is 626 g/mol. The van der Waals surface area contributed by atoms with Crippen LogP contribution < -0.4 is 11.1 Å². The van der Waals surface area contributed by atoms with Crippen molar-refractivity contribution in [2.24, 2.45) is 17.3 Å². The number of amides is 1. The van der Waals surface area contributed by atoms with Crippen LogP contribution in [0.2, 0.25) is 0 Å². The van der Waals surface area contributed by atoms with Crippen LogP contribution in [0.3, 0.4) is 0 Å². The van der Waals surface area contributed by atoms with Crippen LogP contribution in [-0.4, -0.2) is 68.2 Å². The van der Waals surface area contributed by atoms with Crippen molar-refractivity contribution >= 4 is 29.4 Å². The van der Waals surface area contributed by atoms with Gasteiger partial charge in [-0.1, -0.05) is 40.0 Å². The lowest BCUT2D eigenvalue weighted by molar-refractivity contribution is -0.162. The number of alkyl carbamates (subject to hydrolysis) is 1. The highest BCUT2D eigenvalue weighted by molar-refractivity contribution is 5.82. The normalized spacial score (nSPS) is 24.9. The summed E-state index contributed by atoms with van der Waals surface area (Å²) in [6.45, 7) is 10.2. The molecule has 0 bridgehead atoms. The maximum Gasteiger partial charge on any atom is 0.408 e. The minimum Gasteiger partial charge on any atom is -0.464 e. The SMILES string of the molecule is CC(C)(C)OC(=O)N[C@@H](C(=O)OC[C@H]1C[C@@](C#N)(c2ccc3c(N)ncnn23)[C@H](O)[C@@H]1OC(=O)CC1CCCCC1)C(C)(C)C. The number of hydrogen-bond acceptors (Lipinski definition) is 11. The summed E-state index contributed by atoms with van der Waals surface area (Å²) in [6, 6.07) is 4.49. The summed E-state index contributed by atoms with van der Waals surface area (Å²) in [5, 5.41) is 29.2. The Kier molecular flexibility index (Phi) is 9.97. The van der Waals surface area contributed by atoms with E-state index in [1.807, 2.05) is 0 Å². The van der Waals surface area contributed by atoms with Crippen molar-refractivity contribution in [1.29, 1.82) is 5.26 Å². The lowest BCUT2D eigenvalue weighted by atomic mass is 9.81. The lowest BCUT2D eigenvalue weighted by Crippen LogP contribution is -2.51. The molecule has 0 aromatic carbocycles. The number of ether oxygens (including phenoxy) is 3. The molecule has 1 amide bonds. The molecule has 2 aliphatic carbocycles. The summed E-state index contributed by atoms with van der Waals surface area (Å²) >= 11 is 0. The highest BCUT2D eigenvalue weighted by Crippen LogP contribution is 2.46. The van der Waals surface area contributed by atoms with Crippen LogP contribution in [0.5, 0.6) is 0 Å². The van der Waals surface area contributed by atoms with E-state index >= 15 is 0 Å². The molecule has 0 unspecified atom stereocenters. The van der Waals surface area contributed by atoms with Crippen molar-refractivity contribution in [1.82, 2.24) is 19.9 Å². The molecule has 0 spiro atoms. The number of aromatic nitrogens is 3. The van der Waals surface area contributed by atoms with Crippen LogP contribution in [-0.2, 0) is 29.2 Å².